The van der Waals surface area contributed by atoms with Crippen molar-refractivity contribution < 1.29 is 9.52 Å². The highest BCUT2D eigenvalue weighted by Crippen LogP contribution is 2.25. The number of hydrogen-bond acceptors (Lipinski definition) is 6. The van der Waals surface area contributed by atoms with Crippen molar-refractivity contribution in [1.29, 1.82) is 0 Å². The zero-order valence-corrected chi connectivity index (χ0v) is 17.7. The molecule has 6 nitrogen and oxygen atoms in total. The third kappa shape index (κ3) is 4.72. The number of piperidine rings is 1. The van der Waals surface area contributed by atoms with Gasteiger partial charge >= 0.3 is 5.63 Å². The van der Waals surface area contributed by atoms with Crippen LogP contribution < -0.4 is 5.63 Å². The zero-order chi connectivity index (χ0) is 20.4. The molecule has 0 unspecified atom stereocenters. The van der Waals surface area contributed by atoms with E-state index < -0.39 is 0 Å². The Balaban J connectivity index is 1.39. The van der Waals surface area contributed by atoms with Crippen LogP contribution in [0.1, 0.15) is 29.5 Å². The lowest BCUT2D eigenvalue weighted by molar-refractivity contribution is 0.0517. The maximum absolute atomic E-state index is 12.1. The number of β-amino-alcohol motifs (C(OH)–C–C–N with tert-alkyl or cyclic N) is 1. The van der Waals surface area contributed by atoms with Crippen molar-refractivity contribution in [1.82, 2.24) is 14.7 Å². The molecule has 0 amide bonds. The molecule has 0 spiro atoms. The SMILES string of the molecule is Cc1cc(C)c2oc(=O)cc(CN3CCC(N4CCN(CCO)CC4)CC3)c2c1. The monoisotopic (exact) mass is 399 g/mol. The van der Waals surface area contributed by atoms with Crippen LogP contribution in [0.4, 0.5) is 0 Å². The molecule has 6 heteroatoms. The number of fused-ring (bicyclic) bond motifs is 1. The van der Waals surface area contributed by atoms with Gasteiger partial charge in [0, 0.05) is 56.8 Å². The summed E-state index contributed by atoms with van der Waals surface area (Å²) >= 11 is 0. The summed E-state index contributed by atoms with van der Waals surface area (Å²) in [6.07, 6.45) is 2.36. The highest BCUT2D eigenvalue weighted by atomic mass is 16.4. The maximum Gasteiger partial charge on any atom is 0.336 e. The van der Waals surface area contributed by atoms with E-state index in [9.17, 15) is 4.79 Å². The van der Waals surface area contributed by atoms with Gasteiger partial charge in [0.2, 0.25) is 0 Å². The largest absolute Gasteiger partial charge is 0.422 e. The summed E-state index contributed by atoms with van der Waals surface area (Å²) in [7, 11) is 0. The molecule has 2 fully saturated rings. The number of benzene rings is 1. The third-order valence-corrected chi connectivity index (χ3v) is 6.55. The van der Waals surface area contributed by atoms with E-state index in [4.69, 9.17) is 9.52 Å². The van der Waals surface area contributed by atoms with Crippen molar-refractivity contribution in [2.75, 3.05) is 52.4 Å². The third-order valence-electron chi connectivity index (χ3n) is 6.55. The number of piperazine rings is 1. The minimum Gasteiger partial charge on any atom is -0.422 e. The van der Waals surface area contributed by atoms with Crippen LogP contribution in [0.15, 0.2) is 27.4 Å². The Morgan fingerprint density at radius 2 is 1.72 bits per heavy atom. The fourth-order valence-corrected chi connectivity index (χ4v) is 4.99. The van der Waals surface area contributed by atoms with Gasteiger partial charge in [-0.05, 0) is 62.5 Å². The molecule has 3 heterocycles. The van der Waals surface area contributed by atoms with Crippen molar-refractivity contribution >= 4 is 11.0 Å². The molecule has 1 aromatic carbocycles. The molecular weight excluding hydrogens is 366 g/mol. The van der Waals surface area contributed by atoms with Gasteiger partial charge in [-0.2, -0.15) is 0 Å². The van der Waals surface area contributed by atoms with Crippen LogP contribution in [0, 0.1) is 13.8 Å². The topological polar surface area (TPSA) is 60.2 Å². The molecule has 1 N–H and O–H groups in total. The first-order valence-electron chi connectivity index (χ1n) is 10.9. The Hall–Kier alpha value is -1.73. The molecule has 1 aromatic heterocycles. The molecule has 0 radical (unpaired) electrons. The summed E-state index contributed by atoms with van der Waals surface area (Å²) < 4.78 is 5.50. The molecule has 2 aliphatic heterocycles. The molecule has 29 heavy (non-hydrogen) atoms. The number of aliphatic hydroxyl groups excluding tert-OH is 1. The number of likely N-dealkylation sites (tertiary alicyclic amines) is 1. The smallest absolute Gasteiger partial charge is 0.336 e. The normalized spacial score (nSPS) is 20.5. The lowest BCUT2D eigenvalue weighted by Gasteiger charge is -2.42. The summed E-state index contributed by atoms with van der Waals surface area (Å²) in [6, 6.07) is 6.54. The van der Waals surface area contributed by atoms with Crippen molar-refractivity contribution in [2.45, 2.75) is 39.3 Å². The summed E-state index contributed by atoms with van der Waals surface area (Å²) in [6.45, 7) is 12.4. The van der Waals surface area contributed by atoms with Gasteiger partial charge in [0.15, 0.2) is 0 Å². The average Bonchev–Trinajstić information content (AvgIpc) is 2.70. The van der Waals surface area contributed by atoms with Gasteiger partial charge < -0.3 is 9.52 Å². The molecule has 2 aromatic rings. The number of hydrogen-bond donors (Lipinski definition) is 1. The Kier molecular flexibility index (Phi) is 6.35. The first-order valence-corrected chi connectivity index (χ1v) is 10.9. The van der Waals surface area contributed by atoms with Crippen LogP contribution >= 0.6 is 0 Å². The summed E-state index contributed by atoms with van der Waals surface area (Å²) in [5.41, 5.74) is 3.78. The van der Waals surface area contributed by atoms with E-state index in [0.29, 0.717) is 6.04 Å². The van der Waals surface area contributed by atoms with Crippen molar-refractivity contribution in [3.8, 4) is 0 Å². The van der Waals surface area contributed by atoms with Crippen molar-refractivity contribution in [3.63, 3.8) is 0 Å². The second kappa shape index (κ2) is 8.96. The minimum atomic E-state index is -0.255. The number of aryl methyl sites for hydroxylation is 2. The van der Waals surface area contributed by atoms with E-state index in [1.807, 2.05) is 6.92 Å². The van der Waals surface area contributed by atoms with Gasteiger partial charge in [0.1, 0.15) is 5.58 Å². The first-order chi connectivity index (χ1) is 14.0. The van der Waals surface area contributed by atoms with Crippen LogP contribution in [-0.4, -0.2) is 78.3 Å². The molecule has 0 bridgehead atoms. The lowest BCUT2D eigenvalue weighted by atomic mass is 10.00. The van der Waals surface area contributed by atoms with Crippen LogP contribution in [0.2, 0.25) is 0 Å². The second-order valence-corrected chi connectivity index (χ2v) is 8.66. The van der Waals surface area contributed by atoms with Crippen molar-refractivity contribution in [3.05, 3.63) is 45.3 Å². The molecule has 2 aliphatic rings. The molecule has 0 aliphatic carbocycles. The summed E-state index contributed by atoms with van der Waals surface area (Å²) in [5, 5.41) is 10.2. The highest BCUT2D eigenvalue weighted by molar-refractivity contribution is 5.83. The Morgan fingerprint density at radius 1 is 1.00 bits per heavy atom. The van der Waals surface area contributed by atoms with E-state index in [1.165, 1.54) is 18.4 Å². The standard InChI is InChI=1S/C23H33N3O3/c1-17-13-18(2)23-21(14-17)19(15-22(28)29-23)16-25-5-3-20(4-6-25)26-9-7-24(8-10-26)11-12-27/h13-15,20,27H,3-12,16H2,1-2H3. The fourth-order valence-electron chi connectivity index (χ4n) is 4.99. The molecule has 158 valence electrons. The minimum absolute atomic E-state index is 0.254. The Labute approximate surface area is 172 Å². The first kappa shape index (κ1) is 20.5. The number of rotatable bonds is 5. The van der Waals surface area contributed by atoms with Crippen LogP contribution in [0.25, 0.3) is 11.0 Å². The van der Waals surface area contributed by atoms with Gasteiger partial charge in [-0.25, -0.2) is 4.79 Å². The lowest BCUT2D eigenvalue weighted by Crippen LogP contribution is -2.53. The summed E-state index contributed by atoms with van der Waals surface area (Å²) in [5.74, 6) is 0. The van der Waals surface area contributed by atoms with Gasteiger partial charge in [0.05, 0.1) is 6.61 Å². The molecule has 4 rings (SSSR count). The van der Waals surface area contributed by atoms with E-state index in [1.54, 1.807) is 6.07 Å². The number of aliphatic hydroxyl groups is 1. The van der Waals surface area contributed by atoms with Crippen molar-refractivity contribution in [2.24, 2.45) is 0 Å². The van der Waals surface area contributed by atoms with Gasteiger partial charge in [-0.15, -0.1) is 0 Å². The predicted molar refractivity (Wildman–Crippen MR) is 115 cm³/mol. The predicted octanol–water partition coefficient (Wildman–Crippen LogP) is 1.98. The van der Waals surface area contributed by atoms with Crippen LogP contribution in [0.5, 0.6) is 0 Å². The quantitative estimate of drug-likeness (QED) is 0.776. The molecule has 2 saturated heterocycles. The van der Waals surface area contributed by atoms with Gasteiger partial charge in [-0.3, -0.25) is 14.7 Å². The maximum atomic E-state index is 12.1. The summed E-state index contributed by atoms with van der Waals surface area (Å²) in [4.78, 5) is 19.6. The zero-order valence-electron chi connectivity index (χ0n) is 17.7. The molecule has 0 saturated carbocycles. The second-order valence-electron chi connectivity index (χ2n) is 8.66. The molecular formula is C23H33N3O3. The number of nitrogens with zero attached hydrogens (tertiary/aromatic N) is 3. The fraction of sp³-hybridized carbons (Fsp3) is 0.609. The van der Waals surface area contributed by atoms with Crippen LogP contribution in [0.3, 0.4) is 0 Å². The van der Waals surface area contributed by atoms with Gasteiger partial charge in [-0.1, -0.05) is 6.07 Å². The Morgan fingerprint density at radius 3 is 2.41 bits per heavy atom. The average molecular weight is 400 g/mol. The van der Waals surface area contributed by atoms with E-state index in [0.717, 1.165) is 74.5 Å². The van der Waals surface area contributed by atoms with E-state index in [2.05, 4.69) is 33.8 Å². The van der Waals surface area contributed by atoms with E-state index >= 15 is 0 Å². The van der Waals surface area contributed by atoms with Gasteiger partial charge in [0.25, 0.3) is 0 Å². The molecule has 0 atom stereocenters. The van der Waals surface area contributed by atoms with E-state index in [-0.39, 0.29) is 12.2 Å². The highest BCUT2D eigenvalue weighted by Gasteiger charge is 2.27. The Bertz CT molecular complexity index is 894. The van der Waals surface area contributed by atoms with Crippen LogP contribution in [-0.2, 0) is 6.54 Å².